The van der Waals surface area contributed by atoms with Crippen molar-refractivity contribution in [1.82, 2.24) is 35.3 Å². The van der Waals surface area contributed by atoms with Crippen molar-refractivity contribution in [3.8, 4) is 22.7 Å². The lowest BCUT2D eigenvalue weighted by atomic mass is 9.79. The number of phenolic OH excluding ortho intramolecular Hbond substituents is 1. The van der Waals surface area contributed by atoms with Crippen molar-refractivity contribution < 1.29 is 5.11 Å². The Morgan fingerprint density at radius 1 is 1.09 bits per heavy atom. The van der Waals surface area contributed by atoms with E-state index >= 15 is 0 Å². The molecule has 0 saturated carbocycles. The third kappa shape index (κ3) is 5.46. The van der Waals surface area contributed by atoms with Crippen molar-refractivity contribution in [2.75, 3.05) is 11.9 Å². The molecule has 32 heavy (non-hydrogen) atoms. The quantitative estimate of drug-likeness (QED) is 0.584. The molecule has 11 heteroatoms. The van der Waals surface area contributed by atoms with Gasteiger partial charge in [0, 0.05) is 35.8 Å². The average molecular weight is 481 g/mol. The zero-order valence-corrected chi connectivity index (χ0v) is 20.5. The van der Waals surface area contributed by atoms with Crippen LogP contribution in [0, 0.1) is 0 Å². The Morgan fingerprint density at radius 3 is 2.31 bits per heavy atom. The highest BCUT2D eigenvalue weighted by Crippen LogP contribution is 2.33. The number of hydrogen-bond acceptors (Lipinski definition) is 8. The molecule has 9 nitrogen and oxygen atoms in total. The molecule has 0 unspecified atom stereocenters. The standard InChI is InChI=1S/C21H28N8O.2ClH/c1-20(2)9-15(10-21(3,4)27-20)28(5)19-23-11-17(25-26-19)16-7-6-14(8-18(16)30)29-13-22-12-24-29;;/h6-8,11-13,15,27,30H,9-10H2,1-5H3;2*1H. The van der Waals surface area contributed by atoms with Gasteiger partial charge in [-0.3, -0.25) is 0 Å². The normalized spacial score (nSPS) is 17.2. The first-order valence-corrected chi connectivity index (χ1v) is 10.0. The van der Waals surface area contributed by atoms with Gasteiger partial charge < -0.3 is 15.3 Å². The van der Waals surface area contributed by atoms with Gasteiger partial charge in [0.1, 0.15) is 24.1 Å². The second-order valence-electron chi connectivity index (χ2n) is 9.25. The average Bonchev–Trinajstić information content (AvgIpc) is 3.20. The fourth-order valence-corrected chi connectivity index (χ4v) is 4.48. The molecule has 0 atom stereocenters. The summed E-state index contributed by atoms with van der Waals surface area (Å²) in [7, 11) is 2.02. The lowest BCUT2D eigenvalue weighted by Gasteiger charge is -2.48. The van der Waals surface area contributed by atoms with Crippen LogP contribution in [0.1, 0.15) is 40.5 Å². The predicted molar refractivity (Wildman–Crippen MR) is 129 cm³/mol. The van der Waals surface area contributed by atoms with Crippen LogP contribution in [0.25, 0.3) is 16.9 Å². The molecular formula is C21H30Cl2N8O. The summed E-state index contributed by atoms with van der Waals surface area (Å²) in [6.07, 6.45) is 6.65. The SMILES string of the molecule is CN(c1ncc(-c2ccc(-n3cncn3)cc2O)nn1)C1CC(C)(C)NC(C)(C)C1.Cl.Cl. The number of aromatic hydroxyl groups is 1. The van der Waals surface area contributed by atoms with E-state index in [4.69, 9.17) is 0 Å². The van der Waals surface area contributed by atoms with Crippen molar-refractivity contribution in [2.24, 2.45) is 0 Å². The second kappa shape index (κ2) is 9.56. The number of hydrogen-bond donors (Lipinski definition) is 2. The number of nitrogens with one attached hydrogen (secondary N) is 1. The summed E-state index contributed by atoms with van der Waals surface area (Å²) in [6.45, 7) is 8.90. The summed E-state index contributed by atoms with van der Waals surface area (Å²) in [6, 6.07) is 5.54. The van der Waals surface area contributed by atoms with Crippen LogP contribution in [0.2, 0.25) is 0 Å². The van der Waals surface area contributed by atoms with Gasteiger partial charge in [0.25, 0.3) is 0 Å². The van der Waals surface area contributed by atoms with Gasteiger partial charge in [0.15, 0.2) is 0 Å². The van der Waals surface area contributed by atoms with Crippen molar-refractivity contribution in [3.05, 3.63) is 37.1 Å². The van der Waals surface area contributed by atoms with Gasteiger partial charge in [-0.1, -0.05) is 0 Å². The number of halogens is 2. The highest BCUT2D eigenvalue weighted by atomic mass is 35.5. The second-order valence-corrected chi connectivity index (χ2v) is 9.25. The van der Waals surface area contributed by atoms with E-state index in [1.54, 1.807) is 29.3 Å². The molecule has 0 aliphatic carbocycles. The maximum atomic E-state index is 10.5. The van der Waals surface area contributed by atoms with Crippen LogP contribution in [0.4, 0.5) is 5.95 Å². The Bertz CT molecular complexity index is 1010. The van der Waals surface area contributed by atoms with Gasteiger partial charge in [-0.15, -0.1) is 35.0 Å². The predicted octanol–water partition coefficient (Wildman–Crippen LogP) is 3.41. The zero-order valence-electron chi connectivity index (χ0n) is 18.8. The third-order valence-corrected chi connectivity index (χ3v) is 5.52. The van der Waals surface area contributed by atoms with Crippen LogP contribution < -0.4 is 10.2 Å². The van der Waals surface area contributed by atoms with Crippen molar-refractivity contribution >= 4 is 30.8 Å². The van der Waals surface area contributed by atoms with E-state index in [-0.39, 0.29) is 41.6 Å². The van der Waals surface area contributed by atoms with Crippen LogP contribution in [0.3, 0.4) is 0 Å². The molecule has 0 radical (unpaired) electrons. The number of phenols is 1. The van der Waals surface area contributed by atoms with E-state index in [0.717, 1.165) is 12.8 Å². The monoisotopic (exact) mass is 480 g/mol. The summed E-state index contributed by atoms with van der Waals surface area (Å²) in [5.41, 5.74) is 1.86. The van der Waals surface area contributed by atoms with Crippen molar-refractivity contribution in [3.63, 3.8) is 0 Å². The fraction of sp³-hybridized carbons (Fsp3) is 0.476. The summed E-state index contributed by atoms with van der Waals surface area (Å²) in [4.78, 5) is 10.6. The van der Waals surface area contributed by atoms with Gasteiger partial charge in [-0.2, -0.15) is 5.10 Å². The largest absolute Gasteiger partial charge is 0.507 e. The minimum absolute atomic E-state index is 0. The van der Waals surface area contributed by atoms with Crippen LogP contribution >= 0.6 is 24.8 Å². The fourth-order valence-electron chi connectivity index (χ4n) is 4.48. The van der Waals surface area contributed by atoms with Crippen molar-refractivity contribution in [2.45, 2.75) is 57.7 Å². The number of benzene rings is 1. The lowest BCUT2D eigenvalue weighted by Crippen LogP contribution is -2.62. The molecule has 1 saturated heterocycles. The molecule has 0 bridgehead atoms. The molecule has 174 valence electrons. The number of nitrogens with zero attached hydrogens (tertiary/aromatic N) is 7. The maximum absolute atomic E-state index is 10.5. The smallest absolute Gasteiger partial charge is 0.245 e. The number of anilines is 1. The van der Waals surface area contributed by atoms with E-state index in [1.807, 2.05) is 13.1 Å². The minimum Gasteiger partial charge on any atom is -0.507 e. The molecule has 1 aromatic carbocycles. The lowest BCUT2D eigenvalue weighted by molar-refractivity contribution is 0.160. The van der Waals surface area contributed by atoms with E-state index in [2.05, 4.69) is 63.2 Å². The van der Waals surface area contributed by atoms with Crippen LogP contribution in [-0.4, -0.2) is 59.2 Å². The maximum Gasteiger partial charge on any atom is 0.245 e. The Hall–Kier alpha value is -2.49. The first-order chi connectivity index (χ1) is 14.1. The van der Waals surface area contributed by atoms with Crippen LogP contribution in [0.5, 0.6) is 5.75 Å². The molecule has 1 fully saturated rings. The van der Waals surface area contributed by atoms with E-state index in [9.17, 15) is 5.11 Å². The minimum atomic E-state index is 0. The third-order valence-electron chi connectivity index (χ3n) is 5.52. The zero-order chi connectivity index (χ0) is 21.5. The summed E-state index contributed by atoms with van der Waals surface area (Å²) in [5.74, 6) is 0.665. The molecule has 0 spiro atoms. The summed E-state index contributed by atoms with van der Waals surface area (Å²) >= 11 is 0. The number of piperidine rings is 1. The Balaban J connectivity index is 0.00000181. The van der Waals surface area contributed by atoms with E-state index in [0.29, 0.717) is 28.9 Å². The molecule has 2 aromatic heterocycles. The topological polar surface area (TPSA) is 105 Å². The number of rotatable bonds is 4. The van der Waals surface area contributed by atoms with E-state index < -0.39 is 0 Å². The molecule has 0 amide bonds. The van der Waals surface area contributed by atoms with Crippen LogP contribution in [-0.2, 0) is 0 Å². The van der Waals surface area contributed by atoms with Gasteiger partial charge in [-0.05, 0) is 52.7 Å². The number of aromatic nitrogens is 6. The molecule has 3 aromatic rings. The first kappa shape index (κ1) is 25.8. The molecule has 4 rings (SSSR count). The molecule has 1 aliphatic rings. The summed E-state index contributed by atoms with van der Waals surface area (Å²) < 4.78 is 1.58. The Kier molecular flexibility index (Phi) is 7.70. The highest BCUT2D eigenvalue weighted by molar-refractivity contribution is 5.85. The van der Waals surface area contributed by atoms with Gasteiger partial charge in [0.2, 0.25) is 5.95 Å². The Labute approximate surface area is 200 Å². The van der Waals surface area contributed by atoms with Crippen molar-refractivity contribution in [1.29, 1.82) is 0 Å². The first-order valence-electron chi connectivity index (χ1n) is 10.0. The van der Waals surface area contributed by atoms with E-state index in [1.165, 1.54) is 6.33 Å². The van der Waals surface area contributed by atoms with Gasteiger partial charge in [-0.25, -0.2) is 14.6 Å². The Morgan fingerprint density at radius 2 is 1.78 bits per heavy atom. The molecular weight excluding hydrogens is 451 g/mol. The molecule has 2 N–H and O–H groups in total. The molecule has 3 heterocycles. The molecule has 1 aliphatic heterocycles. The summed E-state index contributed by atoms with van der Waals surface area (Å²) in [5, 5.41) is 26.9. The van der Waals surface area contributed by atoms with Crippen LogP contribution in [0.15, 0.2) is 37.1 Å². The highest BCUT2D eigenvalue weighted by Gasteiger charge is 2.39. The van der Waals surface area contributed by atoms with Gasteiger partial charge >= 0.3 is 0 Å². The van der Waals surface area contributed by atoms with Gasteiger partial charge in [0.05, 0.1) is 11.9 Å².